The molecule has 0 heterocycles. The Morgan fingerprint density at radius 3 is 1.53 bits per heavy atom. The van der Waals surface area contributed by atoms with Gasteiger partial charge in [-0.25, -0.2) is 0 Å². The van der Waals surface area contributed by atoms with Crippen LogP contribution in [0.3, 0.4) is 0 Å². The van der Waals surface area contributed by atoms with Crippen LogP contribution in [-0.2, 0) is 14.4 Å². The van der Waals surface area contributed by atoms with Gasteiger partial charge in [0.25, 0.3) is 0 Å². The summed E-state index contributed by atoms with van der Waals surface area (Å²) in [7, 11) is 0. The maximum Gasteiger partial charge on any atom is 0.243 e. The van der Waals surface area contributed by atoms with E-state index in [1.54, 1.807) is 0 Å². The second-order valence-electron chi connectivity index (χ2n) is 10.3. The molecule has 0 radical (unpaired) electrons. The summed E-state index contributed by atoms with van der Waals surface area (Å²) in [5, 5.41) is 3.04. The molecule has 3 amide bonds. The van der Waals surface area contributed by atoms with Gasteiger partial charge in [0, 0.05) is 19.4 Å². The maximum absolute atomic E-state index is 13.2. The zero-order chi connectivity index (χ0) is 26.9. The molecule has 0 rings (SSSR count). The normalized spacial score (nSPS) is 11.9. The van der Waals surface area contributed by atoms with Crippen LogP contribution in [0.4, 0.5) is 0 Å². The molecule has 0 aliphatic heterocycles. The third-order valence-electron chi connectivity index (χ3n) is 6.90. The molecule has 6 heteroatoms. The molecule has 0 saturated heterocycles. The molecule has 0 aromatic carbocycles. The predicted molar refractivity (Wildman–Crippen MR) is 152 cm³/mol. The first-order chi connectivity index (χ1) is 17.5. The molecule has 0 aromatic heterocycles. The fraction of sp³-hybridized carbons (Fsp3) is 0.900. The van der Waals surface area contributed by atoms with Gasteiger partial charge in [-0.2, -0.15) is 0 Å². The number of hydrogen-bond acceptors (Lipinski definition) is 4. The van der Waals surface area contributed by atoms with Gasteiger partial charge in [-0.05, 0) is 45.1 Å². The summed E-state index contributed by atoms with van der Waals surface area (Å²) < 4.78 is 0. The van der Waals surface area contributed by atoms with Crippen LogP contribution in [0.2, 0.25) is 0 Å². The van der Waals surface area contributed by atoms with Crippen LogP contribution in [0.5, 0.6) is 0 Å². The van der Waals surface area contributed by atoms with Crippen LogP contribution in [0.15, 0.2) is 0 Å². The highest BCUT2D eigenvalue weighted by Crippen LogP contribution is 2.17. The minimum atomic E-state index is -0.720. The highest BCUT2D eigenvalue weighted by Gasteiger charge is 2.33. The van der Waals surface area contributed by atoms with E-state index in [0.29, 0.717) is 32.4 Å². The molecule has 0 aromatic rings. The minimum absolute atomic E-state index is 0.185. The molecule has 6 nitrogen and oxygen atoms in total. The zero-order valence-electron chi connectivity index (χ0n) is 24.1. The first-order valence-corrected chi connectivity index (χ1v) is 15.4. The van der Waals surface area contributed by atoms with Crippen LogP contribution in [0.25, 0.3) is 0 Å². The van der Waals surface area contributed by atoms with E-state index in [2.05, 4.69) is 26.1 Å². The van der Waals surface area contributed by atoms with Crippen molar-refractivity contribution in [3.05, 3.63) is 0 Å². The molecular formula is C30H59N3O3. The van der Waals surface area contributed by atoms with Crippen molar-refractivity contribution in [3.63, 3.8) is 0 Å². The quantitative estimate of drug-likeness (QED) is 0.129. The van der Waals surface area contributed by atoms with E-state index < -0.39 is 6.04 Å². The number of hydrogen-bond donors (Lipinski definition) is 2. The molecule has 0 fully saturated rings. The summed E-state index contributed by atoms with van der Waals surface area (Å²) in [6.07, 6.45) is 20.5. The van der Waals surface area contributed by atoms with Crippen molar-refractivity contribution in [1.82, 2.24) is 10.2 Å². The van der Waals surface area contributed by atoms with Crippen LogP contribution in [0.1, 0.15) is 156 Å². The number of unbranched alkanes of at least 4 members (excludes halogenated alkanes) is 14. The molecule has 0 aliphatic carbocycles. The maximum atomic E-state index is 13.2. The van der Waals surface area contributed by atoms with E-state index in [1.165, 1.54) is 56.3 Å². The van der Waals surface area contributed by atoms with Gasteiger partial charge in [-0.15, -0.1) is 0 Å². The third kappa shape index (κ3) is 17.9. The van der Waals surface area contributed by atoms with Crippen molar-refractivity contribution in [3.8, 4) is 0 Å². The topological polar surface area (TPSA) is 92.5 Å². The van der Waals surface area contributed by atoms with E-state index in [9.17, 15) is 14.4 Å². The number of imide groups is 1. The average Bonchev–Trinajstić information content (AvgIpc) is 2.86. The summed E-state index contributed by atoms with van der Waals surface area (Å²) in [6.45, 7) is 7.58. The Labute approximate surface area is 222 Å². The summed E-state index contributed by atoms with van der Waals surface area (Å²) in [6, 6.07) is -0.720. The van der Waals surface area contributed by atoms with Crippen molar-refractivity contribution in [2.24, 2.45) is 5.73 Å². The molecule has 0 unspecified atom stereocenters. The second kappa shape index (κ2) is 25.2. The Bertz CT molecular complexity index is 532. The van der Waals surface area contributed by atoms with Gasteiger partial charge in [-0.3, -0.25) is 19.3 Å². The highest BCUT2D eigenvalue weighted by atomic mass is 16.2. The first kappa shape index (κ1) is 34.6. The summed E-state index contributed by atoms with van der Waals surface area (Å²) in [4.78, 5) is 40.8. The molecule has 1 atom stereocenters. The third-order valence-corrected chi connectivity index (χ3v) is 6.90. The number of nitrogens with one attached hydrogen (secondary N) is 1. The van der Waals surface area contributed by atoms with E-state index >= 15 is 0 Å². The predicted octanol–water partition coefficient (Wildman–Crippen LogP) is 7.04. The first-order valence-electron chi connectivity index (χ1n) is 15.4. The number of carbonyl (C=O) groups excluding carboxylic acids is 3. The molecule has 212 valence electrons. The molecular weight excluding hydrogens is 450 g/mol. The van der Waals surface area contributed by atoms with Crippen molar-refractivity contribution in [2.45, 2.75) is 162 Å². The van der Waals surface area contributed by atoms with E-state index in [1.807, 2.05) is 0 Å². The van der Waals surface area contributed by atoms with Crippen LogP contribution in [-0.4, -0.2) is 41.8 Å². The van der Waals surface area contributed by atoms with Gasteiger partial charge in [0.2, 0.25) is 17.7 Å². The van der Waals surface area contributed by atoms with Gasteiger partial charge in [0.05, 0.1) is 0 Å². The molecule has 0 bridgehead atoms. The zero-order valence-corrected chi connectivity index (χ0v) is 24.1. The largest absolute Gasteiger partial charge is 0.354 e. The molecule has 0 saturated carbocycles. The Morgan fingerprint density at radius 2 is 1.06 bits per heavy atom. The Kier molecular flexibility index (Phi) is 24.2. The van der Waals surface area contributed by atoms with Gasteiger partial charge in [-0.1, -0.05) is 104 Å². The Balaban J connectivity index is 4.85. The molecule has 0 spiro atoms. The van der Waals surface area contributed by atoms with E-state index in [0.717, 1.165) is 64.2 Å². The number of rotatable bonds is 25. The van der Waals surface area contributed by atoms with E-state index in [4.69, 9.17) is 5.73 Å². The lowest BCUT2D eigenvalue weighted by Crippen LogP contribution is -2.52. The van der Waals surface area contributed by atoms with Crippen LogP contribution < -0.4 is 11.1 Å². The lowest BCUT2D eigenvalue weighted by atomic mass is 10.0. The SMILES string of the molecule is CCCCCCCCCCCCNC(=O)[C@H](CCCCN)N(C(=O)CCCCC)C(=O)CCCCC. The van der Waals surface area contributed by atoms with Gasteiger partial charge in [0.1, 0.15) is 6.04 Å². The smallest absolute Gasteiger partial charge is 0.243 e. The summed E-state index contributed by atoms with van der Waals surface area (Å²) in [5.74, 6) is -0.579. The summed E-state index contributed by atoms with van der Waals surface area (Å²) in [5.41, 5.74) is 5.68. The van der Waals surface area contributed by atoms with E-state index in [-0.39, 0.29) is 17.7 Å². The molecule has 36 heavy (non-hydrogen) atoms. The second-order valence-corrected chi connectivity index (χ2v) is 10.3. The Hall–Kier alpha value is -1.43. The monoisotopic (exact) mass is 509 g/mol. The molecule has 3 N–H and O–H groups in total. The van der Waals surface area contributed by atoms with Gasteiger partial charge in [0.15, 0.2) is 0 Å². The fourth-order valence-electron chi connectivity index (χ4n) is 4.58. The van der Waals surface area contributed by atoms with Crippen LogP contribution in [0, 0.1) is 0 Å². The average molecular weight is 510 g/mol. The van der Waals surface area contributed by atoms with Crippen molar-refractivity contribution < 1.29 is 14.4 Å². The number of amides is 3. The van der Waals surface area contributed by atoms with Crippen molar-refractivity contribution >= 4 is 17.7 Å². The number of carbonyl (C=O) groups is 3. The summed E-state index contributed by atoms with van der Waals surface area (Å²) >= 11 is 0. The fourth-order valence-corrected chi connectivity index (χ4v) is 4.58. The minimum Gasteiger partial charge on any atom is -0.354 e. The van der Waals surface area contributed by atoms with Gasteiger partial charge >= 0.3 is 0 Å². The van der Waals surface area contributed by atoms with Crippen LogP contribution >= 0.6 is 0 Å². The lowest BCUT2D eigenvalue weighted by Gasteiger charge is -2.30. The number of nitrogens with zero attached hydrogens (tertiary/aromatic N) is 1. The van der Waals surface area contributed by atoms with Gasteiger partial charge < -0.3 is 11.1 Å². The highest BCUT2D eigenvalue weighted by molar-refractivity contribution is 6.00. The van der Waals surface area contributed by atoms with Crippen molar-refractivity contribution in [1.29, 1.82) is 0 Å². The lowest BCUT2D eigenvalue weighted by molar-refractivity contribution is -0.152. The Morgan fingerprint density at radius 1 is 0.611 bits per heavy atom. The molecule has 0 aliphatic rings. The van der Waals surface area contributed by atoms with Crippen molar-refractivity contribution in [2.75, 3.05) is 13.1 Å². The standard InChI is InChI=1S/C30H59N3O3/c1-4-7-10-11-12-13-14-15-16-21-26-32-30(36)27(22-19-20-25-31)33(28(34)23-17-8-5-2)29(35)24-18-9-6-3/h27H,4-26,31H2,1-3H3,(H,32,36)/t27-/m0/s1. The number of nitrogens with two attached hydrogens (primary N) is 1.